The topological polar surface area (TPSA) is 92.0 Å². The molecule has 0 aliphatic heterocycles. The van der Waals surface area contributed by atoms with Gasteiger partial charge < -0.3 is 15.0 Å². The van der Waals surface area contributed by atoms with Crippen LogP contribution in [0.2, 0.25) is 0 Å². The Hall–Kier alpha value is -1.73. The van der Waals surface area contributed by atoms with Crippen LogP contribution in [-0.2, 0) is 11.8 Å². The van der Waals surface area contributed by atoms with Gasteiger partial charge >= 0.3 is 0 Å². The Morgan fingerprint density at radius 3 is 3.05 bits per heavy atom. The number of nitrogens with two attached hydrogens (primary N) is 1. The van der Waals surface area contributed by atoms with Gasteiger partial charge in [0.25, 0.3) is 5.89 Å². The lowest BCUT2D eigenvalue weighted by Gasteiger charge is -2.26. The van der Waals surface area contributed by atoms with Crippen molar-refractivity contribution >= 4 is 0 Å². The van der Waals surface area contributed by atoms with Crippen molar-refractivity contribution in [1.82, 2.24) is 19.9 Å². The predicted octanol–water partition coefficient (Wildman–Crippen LogP) is 1.04. The van der Waals surface area contributed by atoms with E-state index in [1.54, 1.807) is 4.68 Å². The first kappa shape index (κ1) is 12.3. The number of aromatic nitrogens is 4. The lowest BCUT2D eigenvalue weighted by molar-refractivity contribution is -0.00549. The van der Waals surface area contributed by atoms with Gasteiger partial charge in [0.15, 0.2) is 11.5 Å². The Kier molecular flexibility index (Phi) is 3.31. The molecule has 2 N–H and O–H groups in total. The smallest absolute Gasteiger partial charge is 0.278 e. The van der Waals surface area contributed by atoms with Crippen LogP contribution in [0.25, 0.3) is 11.6 Å². The minimum Gasteiger partial charge on any atom is -0.376 e. The molecule has 7 heteroatoms. The minimum absolute atomic E-state index is 0.355. The number of aryl methyl sites for hydroxylation is 1. The van der Waals surface area contributed by atoms with Gasteiger partial charge in [0.1, 0.15) is 0 Å². The molecule has 2 aromatic rings. The van der Waals surface area contributed by atoms with E-state index in [-0.39, 0.29) is 6.04 Å². The molecule has 0 amide bonds. The molecule has 1 fully saturated rings. The largest absolute Gasteiger partial charge is 0.376 e. The zero-order valence-corrected chi connectivity index (χ0v) is 10.8. The predicted molar refractivity (Wildman–Crippen MR) is 67.0 cm³/mol. The SMILES string of the molecule is Cn1ccc(-c2nc(C(N)COC3CCC3)no2)n1. The molecule has 1 unspecified atom stereocenters. The zero-order chi connectivity index (χ0) is 13.2. The maximum absolute atomic E-state index is 5.98. The molecule has 0 bridgehead atoms. The van der Waals surface area contributed by atoms with Crippen LogP contribution >= 0.6 is 0 Å². The van der Waals surface area contributed by atoms with Gasteiger partial charge in [-0.25, -0.2) is 0 Å². The summed E-state index contributed by atoms with van der Waals surface area (Å²) in [4.78, 5) is 4.26. The zero-order valence-electron chi connectivity index (χ0n) is 10.8. The monoisotopic (exact) mass is 263 g/mol. The highest BCUT2D eigenvalue weighted by Crippen LogP contribution is 2.23. The van der Waals surface area contributed by atoms with Crippen molar-refractivity contribution in [3.63, 3.8) is 0 Å². The molecule has 102 valence electrons. The van der Waals surface area contributed by atoms with Crippen LogP contribution in [0.3, 0.4) is 0 Å². The summed E-state index contributed by atoms with van der Waals surface area (Å²) >= 11 is 0. The highest BCUT2D eigenvalue weighted by Gasteiger charge is 2.21. The maximum atomic E-state index is 5.98. The van der Waals surface area contributed by atoms with Crippen LogP contribution in [0.15, 0.2) is 16.8 Å². The number of rotatable bonds is 5. The van der Waals surface area contributed by atoms with E-state index >= 15 is 0 Å². The fourth-order valence-electron chi connectivity index (χ4n) is 1.87. The molecule has 7 nitrogen and oxygen atoms in total. The Balaban J connectivity index is 1.63. The summed E-state index contributed by atoms with van der Waals surface area (Å²) in [5.41, 5.74) is 6.63. The summed E-state index contributed by atoms with van der Waals surface area (Å²) in [7, 11) is 1.83. The van der Waals surface area contributed by atoms with Gasteiger partial charge in [-0.2, -0.15) is 10.1 Å². The van der Waals surface area contributed by atoms with Crippen LogP contribution in [0.4, 0.5) is 0 Å². The Bertz CT molecular complexity index is 546. The van der Waals surface area contributed by atoms with E-state index in [0.29, 0.717) is 30.1 Å². The summed E-state index contributed by atoms with van der Waals surface area (Å²) in [6.45, 7) is 0.422. The van der Waals surface area contributed by atoms with Crippen molar-refractivity contribution in [2.24, 2.45) is 12.8 Å². The fourth-order valence-corrected chi connectivity index (χ4v) is 1.87. The summed E-state index contributed by atoms with van der Waals surface area (Å²) < 4.78 is 12.5. The van der Waals surface area contributed by atoms with Gasteiger partial charge in [0.2, 0.25) is 0 Å². The Morgan fingerprint density at radius 1 is 1.58 bits per heavy atom. The number of hydrogen-bond donors (Lipinski definition) is 1. The van der Waals surface area contributed by atoms with Gasteiger partial charge in [-0.1, -0.05) is 5.16 Å². The second-order valence-electron chi connectivity index (χ2n) is 4.83. The first-order valence-electron chi connectivity index (χ1n) is 6.43. The highest BCUT2D eigenvalue weighted by molar-refractivity contribution is 5.44. The normalized spacial score (nSPS) is 17.4. The molecule has 2 aromatic heterocycles. The molecule has 0 saturated heterocycles. The van der Waals surface area contributed by atoms with Crippen LogP contribution in [0.5, 0.6) is 0 Å². The average molecular weight is 263 g/mol. The van der Waals surface area contributed by atoms with Crippen LogP contribution < -0.4 is 5.73 Å². The van der Waals surface area contributed by atoms with Gasteiger partial charge in [-0.3, -0.25) is 4.68 Å². The van der Waals surface area contributed by atoms with Gasteiger partial charge in [-0.15, -0.1) is 0 Å². The molecular weight excluding hydrogens is 246 g/mol. The van der Waals surface area contributed by atoms with E-state index in [2.05, 4.69) is 15.2 Å². The Labute approximate surface area is 110 Å². The first-order valence-corrected chi connectivity index (χ1v) is 6.43. The summed E-state index contributed by atoms with van der Waals surface area (Å²) in [5, 5.41) is 8.08. The van der Waals surface area contributed by atoms with Gasteiger partial charge in [0.05, 0.1) is 18.8 Å². The third-order valence-electron chi connectivity index (χ3n) is 3.27. The highest BCUT2D eigenvalue weighted by atomic mass is 16.5. The Morgan fingerprint density at radius 2 is 2.42 bits per heavy atom. The average Bonchev–Trinajstić information content (AvgIpc) is 2.94. The number of nitrogens with zero attached hydrogens (tertiary/aromatic N) is 4. The quantitative estimate of drug-likeness (QED) is 0.866. The molecule has 1 atom stereocenters. The number of ether oxygens (including phenoxy) is 1. The lowest BCUT2D eigenvalue weighted by atomic mass is 9.96. The van der Waals surface area contributed by atoms with Crippen molar-refractivity contribution in [1.29, 1.82) is 0 Å². The molecule has 3 rings (SSSR count). The van der Waals surface area contributed by atoms with E-state index in [1.165, 1.54) is 6.42 Å². The third kappa shape index (κ3) is 2.66. The van der Waals surface area contributed by atoms with E-state index in [0.717, 1.165) is 12.8 Å². The second-order valence-corrected chi connectivity index (χ2v) is 4.83. The standard InChI is InChI=1S/C12H17N5O2/c1-17-6-5-10(15-17)12-14-11(16-19-12)9(13)7-18-8-3-2-4-8/h5-6,8-9H,2-4,7,13H2,1H3. The van der Waals surface area contributed by atoms with Gasteiger partial charge in [-0.05, 0) is 25.3 Å². The molecule has 0 spiro atoms. The molecule has 1 saturated carbocycles. The molecule has 19 heavy (non-hydrogen) atoms. The maximum Gasteiger partial charge on any atom is 0.278 e. The summed E-state index contributed by atoms with van der Waals surface area (Å²) in [6.07, 6.45) is 5.66. The molecular formula is C12H17N5O2. The molecule has 1 aliphatic rings. The lowest BCUT2D eigenvalue weighted by Crippen LogP contribution is -2.27. The molecule has 1 aliphatic carbocycles. The van der Waals surface area contributed by atoms with E-state index in [4.69, 9.17) is 15.0 Å². The van der Waals surface area contributed by atoms with E-state index in [9.17, 15) is 0 Å². The molecule has 0 aromatic carbocycles. The fraction of sp³-hybridized carbons (Fsp3) is 0.583. The van der Waals surface area contributed by atoms with Crippen LogP contribution in [0, 0.1) is 0 Å². The third-order valence-corrected chi connectivity index (χ3v) is 3.27. The number of hydrogen-bond acceptors (Lipinski definition) is 6. The van der Waals surface area contributed by atoms with Crippen molar-refractivity contribution in [2.75, 3.05) is 6.61 Å². The molecule has 0 radical (unpaired) electrons. The van der Waals surface area contributed by atoms with Crippen LogP contribution in [0.1, 0.15) is 31.1 Å². The van der Waals surface area contributed by atoms with Crippen molar-refractivity contribution in [3.8, 4) is 11.6 Å². The summed E-state index contributed by atoms with van der Waals surface area (Å²) in [6, 6.07) is 1.45. The van der Waals surface area contributed by atoms with E-state index in [1.807, 2.05) is 19.3 Å². The van der Waals surface area contributed by atoms with Crippen molar-refractivity contribution < 1.29 is 9.26 Å². The van der Waals surface area contributed by atoms with E-state index < -0.39 is 0 Å². The second kappa shape index (κ2) is 5.10. The summed E-state index contributed by atoms with van der Waals surface area (Å²) in [5.74, 6) is 0.842. The van der Waals surface area contributed by atoms with Gasteiger partial charge in [0, 0.05) is 13.2 Å². The van der Waals surface area contributed by atoms with Crippen molar-refractivity contribution in [2.45, 2.75) is 31.4 Å². The van der Waals surface area contributed by atoms with Crippen LogP contribution in [-0.4, -0.2) is 32.6 Å². The van der Waals surface area contributed by atoms with Crippen molar-refractivity contribution in [3.05, 3.63) is 18.1 Å². The minimum atomic E-state index is -0.359. The first-order chi connectivity index (χ1) is 9.22. The molecule has 2 heterocycles.